The highest BCUT2D eigenvalue weighted by Gasteiger charge is 2.36. The molecule has 0 radical (unpaired) electrons. The number of nitrogens with one attached hydrogen (secondary N) is 1. The zero-order valence-electron chi connectivity index (χ0n) is 16.3. The summed E-state index contributed by atoms with van der Waals surface area (Å²) >= 11 is 0. The van der Waals surface area contributed by atoms with Crippen LogP contribution in [0.4, 0.5) is 0 Å². The van der Waals surface area contributed by atoms with Crippen molar-refractivity contribution < 1.29 is 34.1 Å². The van der Waals surface area contributed by atoms with Gasteiger partial charge in [0.1, 0.15) is 0 Å². The number of hydrogen-bond acceptors (Lipinski definition) is 7. The Bertz CT molecular complexity index is 531. The van der Waals surface area contributed by atoms with Gasteiger partial charge < -0.3 is 34.8 Å². The lowest BCUT2D eigenvalue weighted by Gasteiger charge is -2.43. The van der Waals surface area contributed by atoms with Crippen LogP contribution >= 0.6 is 0 Å². The summed E-state index contributed by atoms with van der Waals surface area (Å²) in [6.07, 6.45) is 5.09. The van der Waals surface area contributed by atoms with Crippen molar-refractivity contribution in [3.8, 4) is 0 Å². The van der Waals surface area contributed by atoms with Crippen LogP contribution in [0.5, 0.6) is 0 Å². The summed E-state index contributed by atoms with van der Waals surface area (Å²) in [7, 11) is 2.11. The van der Waals surface area contributed by atoms with Gasteiger partial charge >= 0.3 is 11.9 Å². The minimum absolute atomic E-state index is 0.193. The number of morpholine rings is 2. The van der Waals surface area contributed by atoms with Crippen LogP contribution < -0.4 is 5.32 Å². The number of nitrogens with zero attached hydrogens (tertiary/aromatic N) is 2. The zero-order valence-corrected chi connectivity index (χ0v) is 16.3. The van der Waals surface area contributed by atoms with Crippen LogP contribution in [0.2, 0.25) is 0 Å². The summed E-state index contributed by atoms with van der Waals surface area (Å²) in [5, 5.41) is 18.1. The lowest BCUT2D eigenvalue weighted by atomic mass is 9.90. The van der Waals surface area contributed by atoms with E-state index < -0.39 is 11.9 Å². The van der Waals surface area contributed by atoms with Crippen molar-refractivity contribution in [3.05, 3.63) is 0 Å². The topological polar surface area (TPSA) is 129 Å². The zero-order chi connectivity index (χ0) is 20.5. The Morgan fingerprint density at radius 1 is 1.04 bits per heavy atom. The van der Waals surface area contributed by atoms with Crippen LogP contribution in [0.25, 0.3) is 0 Å². The monoisotopic (exact) mass is 401 g/mol. The van der Waals surface area contributed by atoms with Crippen LogP contribution in [-0.4, -0.2) is 109 Å². The summed E-state index contributed by atoms with van der Waals surface area (Å²) in [5.41, 5.74) is 0. The van der Waals surface area contributed by atoms with E-state index in [-0.39, 0.29) is 18.1 Å². The van der Waals surface area contributed by atoms with Gasteiger partial charge in [-0.25, -0.2) is 9.59 Å². The summed E-state index contributed by atoms with van der Waals surface area (Å²) in [5.74, 6) is -3.44. The largest absolute Gasteiger partial charge is 0.473 e. The summed E-state index contributed by atoms with van der Waals surface area (Å²) in [4.78, 5) is 35.0. The van der Waals surface area contributed by atoms with Crippen molar-refractivity contribution in [2.75, 3.05) is 53.0 Å². The Labute approximate surface area is 164 Å². The van der Waals surface area contributed by atoms with Gasteiger partial charge in [0, 0.05) is 26.2 Å². The third-order valence-electron chi connectivity index (χ3n) is 5.23. The third-order valence-corrected chi connectivity index (χ3v) is 5.23. The van der Waals surface area contributed by atoms with Gasteiger partial charge in [-0.1, -0.05) is 12.8 Å². The molecule has 3 atom stereocenters. The summed E-state index contributed by atoms with van der Waals surface area (Å²) < 4.78 is 11.5. The lowest BCUT2D eigenvalue weighted by molar-refractivity contribution is -0.159. The van der Waals surface area contributed by atoms with Crippen LogP contribution in [0.15, 0.2) is 0 Å². The first-order valence-corrected chi connectivity index (χ1v) is 9.76. The predicted molar refractivity (Wildman–Crippen MR) is 99.1 cm³/mol. The maximum absolute atomic E-state index is 12.5. The van der Waals surface area contributed by atoms with Crippen molar-refractivity contribution >= 4 is 17.8 Å². The highest BCUT2D eigenvalue weighted by atomic mass is 16.5. The molecule has 0 spiro atoms. The first kappa shape index (κ1) is 22.5. The van der Waals surface area contributed by atoms with E-state index in [1.54, 1.807) is 0 Å². The molecule has 3 fully saturated rings. The van der Waals surface area contributed by atoms with Gasteiger partial charge in [0.2, 0.25) is 5.91 Å². The fourth-order valence-corrected chi connectivity index (χ4v) is 3.84. The second-order valence-electron chi connectivity index (χ2n) is 7.34. The molecule has 0 bridgehead atoms. The molecule has 1 amide bonds. The Kier molecular flexibility index (Phi) is 9.10. The second-order valence-corrected chi connectivity index (χ2v) is 7.34. The van der Waals surface area contributed by atoms with Gasteiger partial charge in [0.25, 0.3) is 0 Å². The maximum atomic E-state index is 12.5. The fourth-order valence-electron chi connectivity index (χ4n) is 3.84. The van der Waals surface area contributed by atoms with Crippen LogP contribution in [0.1, 0.15) is 25.7 Å². The summed E-state index contributed by atoms with van der Waals surface area (Å²) in [6, 6.07) is 0.300. The molecule has 3 N–H and O–H groups in total. The molecule has 2 heterocycles. The smallest absolute Gasteiger partial charge is 0.414 e. The molecule has 3 unspecified atom stereocenters. The van der Waals surface area contributed by atoms with Gasteiger partial charge in [-0.05, 0) is 19.9 Å². The number of hydrogen-bond donors (Lipinski definition) is 3. The Morgan fingerprint density at radius 2 is 1.71 bits per heavy atom. The molecule has 0 aromatic heterocycles. The van der Waals surface area contributed by atoms with E-state index >= 15 is 0 Å². The third kappa shape index (κ3) is 7.01. The molecule has 28 heavy (non-hydrogen) atoms. The van der Waals surface area contributed by atoms with Crippen molar-refractivity contribution in [1.29, 1.82) is 0 Å². The number of rotatable bonds is 4. The molecule has 0 aromatic rings. The molecule has 0 aromatic carbocycles. The average molecular weight is 401 g/mol. The van der Waals surface area contributed by atoms with E-state index in [9.17, 15) is 4.79 Å². The standard InChI is InChI=1S/C16H29N3O3.C2H2O4/c1-18-6-8-21-13(12-18)10-17-11-16(20)19-7-9-22-15-5-3-2-4-14(15)19;3-1(4)2(5)6/h13-15,17H,2-12H2,1H3;(H,3,4)(H,5,6). The number of fused-ring (bicyclic) bond motifs is 1. The molecule has 10 heteroatoms. The maximum Gasteiger partial charge on any atom is 0.414 e. The first-order chi connectivity index (χ1) is 13.4. The van der Waals surface area contributed by atoms with E-state index in [1.807, 2.05) is 4.90 Å². The first-order valence-electron chi connectivity index (χ1n) is 9.76. The Balaban J connectivity index is 0.000000409. The number of aliphatic carboxylic acids is 2. The molecule has 1 saturated carbocycles. The average Bonchev–Trinajstić information content (AvgIpc) is 2.68. The number of carboxylic acid groups (broad SMARTS) is 2. The number of carboxylic acids is 2. The van der Waals surface area contributed by atoms with Gasteiger partial charge in [0.15, 0.2) is 0 Å². The van der Waals surface area contributed by atoms with E-state index in [1.165, 1.54) is 12.8 Å². The fraction of sp³-hybridized carbons (Fsp3) is 0.833. The molecule has 10 nitrogen and oxygen atoms in total. The van der Waals surface area contributed by atoms with E-state index in [4.69, 9.17) is 29.3 Å². The molecule has 160 valence electrons. The number of likely N-dealkylation sites (N-methyl/N-ethyl adjacent to an activating group) is 1. The highest BCUT2D eigenvalue weighted by molar-refractivity contribution is 6.27. The molecule has 3 rings (SSSR count). The number of amides is 1. The minimum atomic E-state index is -1.82. The Hall–Kier alpha value is -1.75. The number of carbonyl (C=O) groups is 3. The molecular weight excluding hydrogens is 370 g/mol. The quantitative estimate of drug-likeness (QED) is 0.520. The predicted octanol–water partition coefficient (Wildman–Crippen LogP) is -0.768. The van der Waals surface area contributed by atoms with E-state index in [2.05, 4.69) is 17.3 Å². The molecule has 2 saturated heterocycles. The molecule has 3 aliphatic rings. The van der Waals surface area contributed by atoms with Crippen molar-refractivity contribution in [1.82, 2.24) is 15.1 Å². The lowest BCUT2D eigenvalue weighted by Crippen LogP contribution is -2.57. The summed E-state index contributed by atoms with van der Waals surface area (Å²) in [6.45, 7) is 5.29. The van der Waals surface area contributed by atoms with Crippen molar-refractivity contribution in [3.63, 3.8) is 0 Å². The van der Waals surface area contributed by atoms with Gasteiger partial charge in [-0.15, -0.1) is 0 Å². The van der Waals surface area contributed by atoms with Crippen LogP contribution in [0.3, 0.4) is 0 Å². The van der Waals surface area contributed by atoms with Crippen LogP contribution in [-0.2, 0) is 23.9 Å². The van der Waals surface area contributed by atoms with Crippen LogP contribution in [0, 0.1) is 0 Å². The molecule has 2 aliphatic heterocycles. The second kappa shape index (κ2) is 11.3. The van der Waals surface area contributed by atoms with Gasteiger partial charge in [-0.3, -0.25) is 4.79 Å². The minimum Gasteiger partial charge on any atom is -0.473 e. The normalized spacial score (nSPS) is 27.9. The Morgan fingerprint density at radius 3 is 2.39 bits per heavy atom. The highest BCUT2D eigenvalue weighted by Crippen LogP contribution is 2.28. The van der Waals surface area contributed by atoms with Crippen molar-refractivity contribution in [2.45, 2.75) is 43.9 Å². The SMILES string of the molecule is CN1CCOC(CNCC(=O)N2CCOC3CCCCC32)C1.O=C(O)C(=O)O. The number of ether oxygens (including phenoxy) is 2. The van der Waals surface area contributed by atoms with E-state index in [0.717, 1.165) is 45.6 Å². The molecule has 1 aliphatic carbocycles. The van der Waals surface area contributed by atoms with Gasteiger partial charge in [0.05, 0.1) is 38.0 Å². The van der Waals surface area contributed by atoms with E-state index in [0.29, 0.717) is 19.2 Å². The van der Waals surface area contributed by atoms with Gasteiger partial charge in [-0.2, -0.15) is 0 Å². The number of carbonyl (C=O) groups excluding carboxylic acids is 1. The molecular formula is C18H31N3O7. The van der Waals surface area contributed by atoms with Crippen molar-refractivity contribution in [2.24, 2.45) is 0 Å².